The van der Waals surface area contributed by atoms with Crippen molar-refractivity contribution >= 4 is 27.0 Å². The normalized spacial score (nSPS) is 11.4. The number of rotatable bonds is 5. The summed E-state index contributed by atoms with van der Waals surface area (Å²) < 4.78 is 28.1. The highest BCUT2D eigenvalue weighted by molar-refractivity contribution is 7.90. The van der Waals surface area contributed by atoms with Crippen LogP contribution in [0, 0.1) is 13.8 Å². The number of benzene rings is 1. The van der Waals surface area contributed by atoms with Gasteiger partial charge in [-0.1, -0.05) is 0 Å². The molecule has 1 aromatic heterocycles. The van der Waals surface area contributed by atoms with Crippen LogP contribution in [0.2, 0.25) is 0 Å². The number of hydrogen-bond donors (Lipinski definition) is 0. The summed E-state index contributed by atoms with van der Waals surface area (Å²) in [6.45, 7) is 3.81. The maximum absolute atomic E-state index is 12.1. The van der Waals surface area contributed by atoms with Crippen LogP contribution in [0.15, 0.2) is 35.2 Å². The highest BCUT2D eigenvalue weighted by Gasteiger charge is 2.13. The first-order valence-corrected chi connectivity index (χ1v) is 9.01. The van der Waals surface area contributed by atoms with E-state index < -0.39 is 9.84 Å². The zero-order chi connectivity index (χ0) is 15.6. The molecule has 0 bridgehead atoms. The van der Waals surface area contributed by atoms with Gasteiger partial charge in [0.25, 0.3) is 0 Å². The molecule has 0 aliphatic carbocycles. The maximum Gasteiger partial charge on any atom is 0.201 e. The van der Waals surface area contributed by atoms with Crippen molar-refractivity contribution in [3.63, 3.8) is 0 Å². The third kappa shape index (κ3) is 3.92. The number of thiophene rings is 1. The van der Waals surface area contributed by atoms with Gasteiger partial charge in [0, 0.05) is 21.6 Å². The zero-order valence-electron chi connectivity index (χ0n) is 12.0. The molecule has 2 aromatic rings. The Balaban J connectivity index is 2.03. The van der Waals surface area contributed by atoms with E-state index in [1.54, 1.807) is 23.5 Å². The number of ether oxygens (including phenoxy) is 1. The monoisotopic (exact) mass is 324 g/mol. The van der Waals surface area contributed by atoms with Crippen LogP contribution in [0.3, 0.4) is 0 Å². The maximum atomic E-state index is 12.1. The summed E-state index contributed by atoms with van der Waals surface area (Å²) in [6.07, 6.45) is 1.15. The second kappa shape index (κ2) is 5.99. The smallest absolute Gasteiger partial charge is 0.201 e. The van der Waals surface area contributed by atoms with E-state index in [4.69, 9.17) is 4.74 Å². The number of ketones is 1. The summed E-state index contributed by atoms with van der Waals surface area (Å²) in [5.74, 6) is 0.393. The van der Waals surface area contributed by atoms with Gasteiger partial charge in [0.05, 0.1) is 4.90 Å². The summed E-state index contributed by atoms with van der Waals surface area (Å²) in [4.78, 5) is 14.4. The Morgan fingerprint density at radius 2 is 1.81 bits per heavy atom. The average Bonchev–Trinajstić information content (AvgIpc) is 2.74. The fourth-order valence-electron chi connectivity index (χ4n) is 1.92. The van der Waals surface area contributed by atoms with E-state index in [0.29, 0.717) is 11.3 Å². The average molecular weight is 324 g/mol. The summed E-state index contributed by atoms with van der Waals surface area (Å²) in [5, 5.41) is 0. The SMILES string of the molecule is Cc1cc(C(=O)COc2ccc(S(C)(=O)=O)cc2)c(C)s1. The van der Waals surface area contributed by atoms with Crippen molar-refractivity contribution in [3.8, 4) is 5.75 Å². The molecule has 0 aliphatic rings. The van der Waals surface area contributed by atoms with Gasteiger partial charge >= 0.3 is 0 Å². The van der Waals surface area contributed by atoms with E-state index in [-0.39, 0.29) is 17.3 Å². The molecule has 1 aromatic carbocycles. The molecule has 0 amide bonds. The van der Waals surface area contributed by atoms with E-state index >= 15 is 0 Å². The third-order valence-electron chi connectivity index (χ3n) is 2.96. The molecule has 21 heavy (non-hydrogen) atoms. The minimum atomic E-state index is -3.22. The lowest BCUT2D eigenvalue weighted by atomic mass is 10.2. The van der Waals surface area contributed by atoms with Gasteiger partial charge in [0.15, 0.2) is 16.4 Å². The second-order valence-corrected chi connectivity index (χ2v) is 8.26. The largest absolute Gasteiger partial charge is 0.485 e. The molecule has 0 atom stereocenters. The zero-order valence-corrected chi connectivity index (χ0v) is 13.7. The molecule has 0 aliphatic heterocycles. The quantitative estimate of drug-likeness (QED) is 0.793. The topological polar surface area (TPSA) is 60.4 Å². The van der Waals surface area contributed by atoms with Crippen LogP contribution >= 0.6 is 11.3 Å². The first kappa shape index (κ1) is 15.7. The molecule has 4 nitrogen and oxygen atoms in total. The van der Waals surface area contributed by atoms with Gasteiger partial charge in [-0.3, -0.25) is 4.79 Å². The van der Waals surface area contributed by atoms with Crippen molar-refractivity contribution in [2.24, 2.45) is 0 Å². The highest BCUT2D eigenvalue weighted by atomic mass is 32.2. The molecule has 2 rings (SSSR count). The Hall–Kier alpha value is -1.66. The molecule has 0 fully saturated rings. The minimum absolute atomic E-state index is 0.0603. The van der Waals surface area contributed by atoms with Crippen molar-refractivity contribution in [1.29, 1.82) is 0 Å². The van der Waals surface area contributed by atoms with Gasteiger partial charge in [-0.2, -0.15) is 0 Å². The Kier molecular flexibility index (Phi) is 4.49. The van der Waals surface area contributed by atoms with Crippen molar-refractivity contribution < 1.29 is 17.9 Å². The van der Waals surface area contributed by atoms with Gasteiger partial charge in [-0.25, -0.2) is 8.42 Å². The second-order valence-electron chi connectivity index (χ2n) is 4.78. The van der Waals surface area contributed by atoms with Crippen molar-refractivity contribution in [2.45, 2.75) is 18.7 Å². The van der Waals surface area contributed by atoms with Crippen molar-refractivity contribution in [1.82, 2.24) is 0 Å². The van der Waals surface area contributed by atoms with Gasteiger partial charge in [0.2, 0.25) is 5.78 Å². The van der Waals surface area contributed by atoms with Gasteiger partial charge in [0.1, 0.15) is 5.75 Å². The number of sulfone groups is 1. The molecule has 6 heteroatoms. The molecule has 1 heterocycles. The van der Waals surface area contributed by atoms with E-state index in [9.17, 15) is 13.2 Å². The van der Waals surface area contributed by atoms with Gasteiger partial charge in [-0.05, 0) is 44.2 Å². The molecule has 112 valence electrons. The Morgan fingerprint density at radius 3 is 2.29 bits per heavy atom. The fraction of sp³-hybridized carbons (Fsp3) is 0.267. The first-order chi connectivity index (χ1) is 9.77. The van der Waals surface area contributed by atoms with Crippen LogP contribution in [-0.4, -0.2) is 27.1 Å². The Morgan fingerprint density at radius 1 is 1.19 bits per heavy atom. The van der Waals surface area contributed by atoms with Gasteiger partial charge in [-0.15, -0.1) is 11.3 Å². The van der Waals surface area contributed by atoms with Crippen LogP contribution in [0.5, 0.6) is 5.75 Å². The molecule has 0 N–H and O–H groups in total. The molecular formula is C15H16O4S2. The predicted octanol–water partition coefficient (Wildman–Crippen LogP) is 3.03. The van der Waals surface area contributed by atoms with Crippen LogP contribution in [0.4, 0.5) is 0 Å². The number of carbonyl (C=O) groups excluding carboxylic acids is 1. The Bertz CT molecular complexity index is 755. The van der Waals surface area contributed by atoms with E-state index in [1.165, 1.54) is 12.1 Å². The lowest BCUT2D eigenvalue weighted by Gasteiger charge is -2.06. The predicted molar refractivity (Wildman–Crippen MR) is 83.2 cm³/mol. The molecule has 0 saturated heterocycles. The lowest BCUT2D eigenvalue weighted by Crippen LogP contribution is -2.11. The van der Waals surface area contributed by atoms with E-state index in [2.05, 4.69) is 0 Å². The van der Waals surface area contributed by atoms with Crippen molar-refractivity contribution in [2.75, 3.05) is 12.9 Å². The number of hydrogen-bond acceptors (Lipinski definition) is 5. The number of aryl methyl sites for hydroxylation is 2. The highest BCUT2D eigenvalue weighted by Crippen LogP contribution is 2.22. The van der Waals surface area contributed by atoms with Crippen LogP contribution in [-0.2, 0) is 9.84 Å². The standard InChI is InChI=1S/C15H16O4S2/c1-10-8-14(11(2)20-10)15(16)9-19-12-4-6-13(7-5-12)21(3,17)18/h4-8H,9H2,1-3H3. The first-order valence-electron chi connectivity index (χ1n) is 6.30. The lowest BCUT2D eigenvalue weighted by molar-refractivity contribution is 0.0921. The van der Waals surface area contributed by atoms with Crippen LogP contribution in [0.25, 0.3) is 0 Å². The summed E-state index contributed by atoms with van der Waals surface area (Å²) >= 11 is 1.58. The number of Topliss-reactive ketones (excluding diaryl/α,β-unsaturated/α-hetero) is 1. The molecule has 0 unspecified atom stereocenters. The van der Waals surface area contributed by atoms with Crippen LogP contribution < -0.4 is 4.74 Å². The fourth-order valence-corrected chi connectivity index (χ4v) is 3.49. The molecular weight excluding hydrogens is 308 g/mol. The summed E-state index contributed by atoms with van der Waals surface area (Å²) in [5.41, 5.74) is 0.685. The minimum Gasteiger partial charge on any atom is -0.485 e. The van der Waals surface area contributed by atoms with E-state index in [1.807, 2.05) is 19.9 Å². The Labute approximate surface area is 128 Å². The molecule has 0 saturated carbocycles. The van der Waals surface area contributed by atoms with Gasteiger partial charge < -0.3 is 4.74 Å². The third-order valence-corrected chi connectivity index (χ3v) is 5.06. The summed E-state index contributed by atoms with van der Waals surface area (Å²) in [7, 11) is -3.22. The number of carbonyl (C=O) groups is 1. The summed E-state index contributed by atoms with van der Waals surface area (Å²) in [6, 6.07) is 7.90. The van der Waals surface area contributed by atoms with Crippen LogP contribution in [0.1, 0.15) is 20.1 Å². The molecule has 0 spiro atoms. The van der Waals surface area contributed by atoms with Crippen molar-refractivity contribution in [3.05, 3.63) is 45.6 Å². The van der Waals surface area contributed by atoms with E-state index in [0.717, 1.165) is 16.0 Å². The molecule has 0 radical (unpaired) electrons.